The summed E-state index contributed by atoms with van der Waals surface area (Å²) in [6.45, 7) is 5.31. The van der Waals surface area contributed by atoms with Gasteiger partial charge in [-0.15, -0.1) is 0 Å². The van der Waals surface area contributed by atoms with E-state index in [1.165, 1.54) is 4.90 Å². The zero-order valence-electron chi connectivity index (χ0n) is 31.6. The van der Waals surface area contributed by atoms with E-state index < -0.39 is 36.5 Å². The van der Waals surface area contributed by atoms with Crippen molar-refractivity contribution in [3.63, 3.8) is 0 Å². The highest BCUT2D eigenvalue weighted by Crippen LogP contribution is 2.28. The molecule has 13 heteroatoms. The molecule has 7 amide bonds. The molecule has 4 rings (SSSR count). The Balaban J connectivity index is 1.55. The molecule has 3 N–H and O–H groups in total. The number of nitrogens with zero attached hydrogens (tertiary/aromatic N) is 5. The fourth-order valence-electron chi connectivity index (χ4n) is 6.34. The minimum atomic E-state index is -1.05. The Morgan fingerprint density at radius 3 is 1.81 bits per heavy atom. The lowest BCUT2D eigenvalue weighted by Gasteiger charge is -2.43. The van der Waals surface area contributed by atoms with Gasteiger partial charge < -0.3 is 30.5 Å². The zero-order valence-corrected chi connectivity index (χ0v) is 31.6. The lowest BCUT2D eigenvalue weighted by molar-refractivity contribution is -0.127. The van der Waals surface area contributed by atoms with Crippen LogP contribution in [0, 0.1) is 0 Å². The highest BCUT2D eigenvalue weighted by atomic mass is 16.6. The van der Waals surface area contributed by atoms with Crippen LogP contribution in [0.5, 0.6) is 0 Å². The van der Waals surface area contributed by atoms with Crippen LogP contribution in [0.2, 0.25) is 0 Å². The molecule has 3 aromatic carbocycles. The Morgan fingerprint density at radius 2 is 1.28 bits per heavy atom. The summed E-state index contributed by atoms with van der Waals surface area (Å²) in [5.74, 6) is -1.23. The SMILES string of the molecule is CCCCCN(CCCCC)C(=O)N1CCN(C(=O)N(c2ccccc2)c2ccccc2)C(C(=O)NCCN(CC(N)=O)C(=O)OCc2ccccc2)C1. The van der Waals surface area contributed by atoms with Crippen molar-refractivity contribution in [3.8, 4) is 0 Å². The fourth-order valence-corrected chi connectivity index (χ4v) is 6.34. The van der Waals surface area contributed by atoms with E-state index >= 15 is 0 Å². The second-order valence-electron chi connectivity index (χ2n) is 13.3. The molecule has 0 aliphatic carbocycles. The molecule has 0 aromatic heterocycles. The van der Waals surface area contributed by atoms with Crippen molar-refractivity contribution in [2.75, 3.05) is 57.3 Å². The summed E-state index contributed by atoms with van der Waals surface area (Å²) in [4.78, 5) is 75.4. The van der Waals surface area contributed by atoms with Gasteiger partial charge in [0.15, 0.2) is 0 Å². The van der Waals surface area contributed by atoms with Gasteiger partial charge in [-0.25, -0.2) is 14.4 Å². The smallest absolute Gasteiger partial charge is 0.410 e. The predicted octanol–water partition coefficient (Wildman–Crippen LogP) is 5.97. The maximum atomic E-state index is 14.6. The quantitative estimate of drug-likeness (QED) is 0.154. The number of amides is 7. The first-order chi connectivity index (χ1) is 26.2. The molecule has 13 nitrogen and oxygen atoms in total. The molecular formula is C41H55N7O6. The Morgan fingerprint density at radius 1 is 0.722 bits per heavy atom. The number of carbonyl (C=O) groups is 5. The summed E-state index contributed by atoms with van der Waals surface area (Å²) >= 11 is 0. The minimum absolute atomic E-state index is 0.00244. The first kappa shape index (κ1) is 41.2. The molecule has 1 unspecified atom stereocenters. The van der Waals surface area contributed by atoms with E-state index in [4.69, 9.17) is 10.5 Å². The van der Waals surface area contributed by atoms with Crippen LogP contribution in [0.3, 0.4) is 0 Å². The van der Waals surface area contributed by atoms with E-state index in [9.17, 15) is 24.0 Å². The molecule has 1 aliphatic rings. The largest absolute Gasteiger partial charge is 0.445 e. The van der Waals surface area contributed by atoms with Crippen LogP contribution in [0.1, 0.15) is 57.9 Å². The molecule has 290 valence electrons. The number of rotatable bonds is 18. The normalized spacial score (nSPS) is 13.9. The number of para-hydroxylation sites is 2. The van der Waals surface area contributed by atoms with Crippen LogP contribution >= 0.6 is 0 Å². The molecular weight excluding hydrogens is 686 g/mol. The Hall–Kier alpha value is -5.59. The first-order valence-corrected chi connectivity index (χ1v) is 19.0. The summed E-state index contributed by atoms with van der Waals surface area (Å²) < 4.78 is 5.42. The van der Waals surface area contributed by atoms with E-state index in [1.54, 1.807) is 9.80 Å². The van der Waals surface area contributed by atoms with Gasteiger partial charge >= 0.3 is 18.2 Å². The standard InChI is InChI=1S/C41H55N7O6/c1-3-5-16-25-44(26-17-6-4-2)39(51)45-28-29-47(40(52)48(34-20-12-8-13-21-34)35-22-14-9-15-23-35)36(30-45)38(50)43-24-27-46(31-37(42)49)41(53)54-32-33-18-10-7-11-19-33/h7-15,18-23,36H,3-6,16-17,24-32H2,1-2H3,(H2,42,49)(H,43,50). The summed E-state index contributed by atoms with van der Waals surface area (Å²) in [5.41, 5.74) is 7.46. The van der Waals surface area contributed by atoms with Crippen LogP contribution in [-0.4, -0.2) is 108 Å². The molecule has 3 aromatic rings. The van der Waals surface area contributed by atoms with Gasteiger partial charge in [0.2, 0.25) is 11.8 Å². The number of primary amides is 1. The number of benzene rings is 3. The predicted molar refractivity (Wildman–Crippen MR) is 209 cm³/mol. The number of piperazine rings is 1. The number of urea groups is 2. The molecule has 1 fully saturated rings. The molecule has 0 spiro atoms. The van der Waals surface area contributed by atoms with Gasteiger partial charge in [0, 0.05) is 39.3 Å². The van der Waals surface area contributed by atoms with Crippen molar-refractivity contribution in [1.29, 1.82) is 0 Å². The summed E-state index contributed by atoms with van der Waals surface area (Å²) in [6.07, 6.45) is 5.08. The molecule has 0 saturated carbocycles. The van der Waals surface area contributed by atoms with Crippen LogP contribution in [0.25, 0.3) is 0 Å². The fraction of sp³-hybridized carbons (Fsp3) is 0.439. The van der Waals surface area contributed by atoms with Crippen molar-refractivity contribution in [3.05, 3.63) is 96.6 Å². The van der Waals surface area contributed by atoms with E-state index in [0.29, 0.717) is 24.5 Å². The highest BCUT2D eigenvalue weighted by molar-refractivity contribution is 6.01. The Kier molecular flexibility index (Phi) is 16.6. The maximum Gasteiger partial charge on any atom is 0.410 e. The van der Waals surface area contributed by atoms with Crippen LogP contribution in [-0.2, 0) is 20.9 Å². The van der Waals surface area contributed by atoms with Crippen molar-refractivity contribution < 1.29 is 28.7 Å². The highest BCUT2D eigenvalue weighted by Gasteiger charge is 2.40. The van der Waals surface area contributed by atoms with E-state index in [1.807, 2.05) is 95.9 Å². The second kappa shape index (κ2) is 21.8. The third-order valence-corrected chi connectivity index (χ3v) is 9.24. The molecule has 54 heavy (non-hydrogen) atoms. The van der Waals surface area contributed by atoms with Crippen molar-refractivity contribution in [2.24, 2.45) is 5.73 Å². The van der Waals surface area contributed by atoms with Crippen molar-refractivity contribution >= 4 is 41.3 Å². The molecule has 1 atom stereocenters. The lowest BCUT2D eigenvalue weighted by Crippen LogP contribution is -2.64. The van der Waals surface area contributed by atoms with E-state index in [0.717, 1.165) is 49.0 Å². The summed E-state index contributed by atoms with van der Waals surface area (Å²) in [7, 11) is 0. The number of hydrogen-bond donors (Lipinski definition) is 2. The average Bonchev–Trinajstić information content (AvgIpc) is 3.19. The van der Waals surface area contributed by atoms with Crippen LogP contribution in [0.4, 0.5) is 25.8 Å². The molecule has 0 radical (unpaired) electrons. The van der Waals surface area contributed by atoms with Gasteiger partial charge in [0.05, 0.1) is 17.9 Å². The summed E-state index contributed by atoms with van der Waals surface area (Å²) in [6, 6.07) is 25.9. The number of ether oxygens (including phenoxy) is 1. The monoisotopic (exact) mass is 741 g/mol. The van der Waals surface area contributed by atoms with E-state index in [2.05, 4.69) is 19.2 Å². The third kappa shape index (κ3) is 12.2. The molecule has 1 saturated heterocycles. The molecule has 1 aliphatic heterocycles. The average molecular weight is 742 g/mol. The Bertz CT molecular complexity index is 1580. The van der Waals surface area contributed by atoms with Gasteiger partial charge in [0.1, 0.15) is 19.2 Å². The maximum absolute atomic E-state index is 14.6. The van der Waals surface area contributed by atoms with Crippen LogP contribution in [0.15, 0.2) is 91.0 Å². The number of hydrogen-bond acceptors (Lipinski definition) is 6. The third-order valence-electron chi connectivity index (χ3n) is 9.24. The molecule has 1 heterocycles. The number of nitrogens with two attached hydrogens (primary N) is 1. The number of carbonyl (C=O) groups excluding carboxylic acids is 5. The van der Waals surface area contributed by atoms with Crippen molar-refractivity contribution in [2.45, 2.75) is 65.0 Å². The lowest BCUT2D eigenvalue weighted by atomic mass is 10.1. The van der Waals surface area contributed by atoms with Gasteiger partial charge in [-0.1, -0.05) is 106 Å². The number of unbranched alkanes of at least 4 members (excludes halogenated alkanes) is 4. The Labute approximate surface area is 319 Å². The topological polar surface area (TPSA) is 149 Å². The summed E-state index contributed by atoms with van der Waals surface area (Å²) in [5, 5.41) is 2.86. The van der Waals surface area contributed by atoms with Gasteiger partial charge in [-0.2, -0.15) is 0 Å². The number of nitrogens with one attached hydrogen (secondary N) is 1. The first-order valence-electron chi connectivity index (χ1n) is 19.0. The van der Waals surface area contributed by atoms with Gasteiger partial charge in [0.25, 0.3) is 0 Å². The zero-order chi connectivity index (χ0) is 38.7. The minimum Gasteiger partial charge on any atom is -0.445 e. The van der Waals surface area contributed by atoms with Crippen molar-refractivity contribution in [1.82, 2.24) is 24.9 Å². The second-order valence-corrected chi connectivity index (χ2v) is 13.3. The number of anilines is 2. The van der Waals surface area contributed by atoms with Gasteiger partial charge in [-0.05, 0) is 42.7 Å². The molecule has 0 bridgehead atoms. The van der Waals surface area contributed by atoms with Crippen LogP contribution < -0.4 is 16.0 Å². The van der Waals surface area contributed by atoms with Gasteiger partial charge in [-0.3, -0.25) is 19.4 Å². The van der Waals surface area contributed by atoms with E-state index in [-0.39, 0.29) is 45.4 Å².